The molecular weight excluding hydrogens is 354 g/mol. The Morgan fingerprint density at radius 2 is 1.90 bits per heavy atom. The molecule has 0 bridgehead atoms. The van der Waals surface area contributed by atoms with E-state index in [0.717, 1.165) is 9.35 Å². The van der Waals surface area contributed by atoms with Gasteiger partial charge in [-0.25, -0.2) is 0 Å². The van der Waals surface area contributed by atoms with Crippen molar-refractivity contribution in [3.63, 3.8) is 0 Å². The predicted octanol–water partition coefficient (Wildman–Crippen LogP) is 4.02. The Labute approximate surface area is 136 Å². The number of amides is 1. The van der Waals surface area contributed by atoms with Crippen LogP contribution in [0, 0.1) is 0 Å². The zero-order valence-corrected chi connectivity index (χ0v) is 14.4. The lowest BCUT2D eigenvalue weighted by atomic mass is 10.1. The van der Waals surface area contributed by atoms with Gasteiger partial charge in [0.1, 0.15) is 0 Å². The van der Waals surface area contributed by atoms with Crippen LogP contribution in [0.2, 0.25) is 0 Å². The second kappa shape index (κ2) is 6.95. The molecule has 1 aromatic heterocycles. The number of ether oxygens (including phenoxy) is 2. The zero-order valence-electron chi connectivity index (χ0n) is 12.0. The van der Waals surface area contributed by atoms with Crippen LogP contribution in [0.3, 0.4) is 0 Å². The van der Waals surface area contributed by atoms with Gasteiger partial charge in [0.05, 0.1) is 28.9 Å². The van der Waals surface area contributed by atoms with E-state index in [4.69, 9.17) is 9.47 Å². The van der Waals surface area contributed by atoms with Gasteiger partial charge in [-0.3, -0.25) is 4.79 Å². The molecule has 1 atom stereocenters. The number of carbonyl (C=O) groups excluding carboxylic acids is 1. The van der Waals surface area contributed by atoms with E-state index in [2.05, 4.69) is 21.2 Å². The van der Waals surface area contributed by atoms with Gasteiger partial charge in [0.2, 0.25) is 0 Å². The molecule has 2 rings (SSSR count). The molecule has 0 aliphatic rings. The summed E-state index contributed by atoms with van der Waals surface area (Å²) in [5.74, 6) is 1.23. The largest absolute Gasteiger partial charge is 0.493 e. The fourth-order valence-electron chi connectivity index (χ4n) is 1.91. The Kier molecular flexibility index (Phi) is 5.25. The molecule has 0 radical (unpaired) electrons. The molecule has 0 spiro atoms. The summed E-state index contributed by atoms with van der Waals surface area (Å²) < 4.78 is 11.4. The van der Waals surface area contributed by atoms with Crippen molar-refractivity contribution in [2.24, 2.45) is 0 Å². The van der Waals surface area contributed by atoms with Crippen molar-refractivity contribution in [1.82, 2.24) is 5.32 Å². The lowest BCUT2D eigenvalue weighted by Gasteiger charge is -2.16. The molecular formula is C15H16BrNO3S. The van der Waals surface area contributed by atoms with Crippen molar-refractivity contribution in [3.05, 3.63) is 44.6 Å². The summed E-state index contributed by atoms with van der Waals surface area (Å²) in [6, 6.07) is 9.15. The number of nitrogens with one attached hydrogen (secondary N) is 1. The lowest BCUT2D eigenvalue weighted by Crippen LogP contribution is -2.25. The van der Waals surface area contributed by atoms with E-state index in [1.165, 1.54) is 11.3 Å². The first-order valence-electron chi connectivity index (χ1n) is 6.33. The highest BCUT2D eigenvalue weighted by molar-refractivity contribution is 9.11. The fourth-order valence-corrected chi connectivity index (χ4v) is 3.20. The van der Waals surface area contributed by atoms with Crippen molar-refractivity contribution in [2.75, 3.05) is 14.2 Å². The summed E-state index contributed by atoms with van der Waals surface area (Å²) in [7, 11) is 3.19. The van der Waals surface area contributed by atoms with E-state index in [9.17, 15) is 4.79 Å². The predicted molar refractivity (Wildman–Crippen MR) is 87.4 cm³/mol. The normalized spacial score (nSPS) is 11.8. The number of rotatable bonds is 5. The third-order valence-electron chi connectivity index (χ3n) is 3.05. The van der Waals surface area contributed by atoms with Crippen LogP contribution < -0.4 is 14.8 Å². The van der Waals surface area contributed by atoms with Gasteiger partial charge >= 0.3 is 0 Å². The molecule has 1 heterocycles. The molecule has 0 fully saturated rings. The highest BCUT2D eigenvalue weighted by Gasteiger charge is 2.15. The topological polar surface area (TPSA) is 47.6 Å². The quantitative estimate of drug-likeness (QED) is 0.865. The van der Waals surface area contributed by atoms with Gasteiger partial charge < -0.3 is 14.8 Å². The standard InChI is InChI=1S/C15H16BrNO3S/c1-9(17-15(18)13-6-7-14(16)21-13)10-4-5-11(19-2)12(8-10)20-3/h4-9H,1-3H3,(H,17,18). The minimum Gasteiger partial charge on any atom is -0.493 e. The number of benzene rings is 1. The Morgan fingerprint density at radius 1 is 1.19 bits per heavy atom. The van der Waals surface area contributed by atoms with E-state index in [-0.39, 0.29) is 11.9 Å². The fraction of sp³-hybridized carbons (Fsp3) is 0.267. The molecule has 21 heavy (non-hydrogen) atoms. The third kappa shape index (κ3) is 3.77. The number of halogens is 1. The molecule has 112 valence electrons. The summed E-state index contributed by atoms with van der Waals surface area (Å²) in [4.78, 5) is 12.8. The first kappa shape index (κ1) is 15.9. The van der Waals surface area contributed by atoms with Crippen molar-refractivity contribution >= 4 is 33.2 Å². The zero-order chi connectivity index (χ0) is 15.4. The summed E-state index contributed by atoms with van der Waals surface area (Å²) in [6.07, 6.45) is 0. The molecule has 1 aromatic carbocycles. The average molecular weight is 370 g/mol. The maximum atomic E-state index is 12.1. The Hall–Kier alpha value is -1.53. The summed E-state index contributed by atoms with van der Waals surface area (Å²) >= 11 is 4.76. The molecule has 6 heteroatoms. The lowest BCUT2D eigenvalue weighted by molar-refractivity contribution is 0.0944. The van der Waals surface area contributed by atoms with Crippen LogP contribution in [-0.4, -0.2) is 20.1 Å². The number of hydrogen-bond acceptors (Lipinski definition) is 4. The maximum Gasteiger partial charge on any atom is 0.261 e. The molecule has 1 N–H and O–H groups in total. The van der Waals surface area contributed by atoms with Gasteiger partial charge in [-0.1, -0.05) is 6.07 Å². The summed E-state index contributed by atoms with van der Waals surface area (Å²) in [6.45, 7) is 1.93. The van der Waals surface area contributed by atoms with Crippen molar-refractivity contribution in [2.45, 2.75) is 13.0 Å². The second-order valence-corrected chi connectivity index (χ2v) is 6.88. The van der Waals surface area contributed by atoms with E-state index < -0.39 is 0 Å². The first-order chi connectivity index (χ1) is 10.0. The van der Waals surface area contributed by atoms with Crippen LogP contribution in [0.5, 0.6) is 11.5 Å². The smallest absolute Gasteiger partial charge is 0.261 e. The summed E-state index contributed by atoms with van der Waals surface area (Å²) in [5, 5.41) is 2.97. The molecule has 0 saturated carbocycles. The SMILES string of the molecule is COc1ccc(C(C)NC(=O)c2ccc(Br)s2)cc1OC. The summed E-state index contributed by atoms with van der Waals surface area (Å²) in [5.41, 5.74) is 0.955. The van der Waals surface area contributed by atoms with Gasteiger partial charge in [0.15, 0.2) is 11.5 Å². The minimum absolute atomic E-state index is 0.0898. The van der Waals surface area contributed by atoms with Crippen LogP contribution in [0.1, 0.15) is 28.2 Å². The maximum absolute atomic E-state index is 12.1. The second-order valence-electron chi connectivity index (χ2n) is 4.41. The van der Waals surface area contributed by atoms with Gasteiger partial charge in [-0.05, 0) is 52.7 Å². The van der Waals surface area contributed by atoms with E-state index in [1.54, 1.807) is 20.3 Å². The molecule has 4 nitrogen and oxygen atoms in total. The molecule has 0 saturated heterocycles. The van der Waals surface area contributed by atoms with E-state index in [1.807, 2.05) is 31.2 Å². The Balaban J connectivity index is 2.13. The van der Waals surface area contributed by atoms with Crippen LogP contribution in [-0.2, 0) is 0 Å². The number of thiophene rings is 1. The molecule has 2 aromatic rings. The van der Waals surface area contributed by atoms with Crippen LogP contribution >= 0.6 is 27.3 Å². The van der Waals surface area contributed by atoms with Crippen molar-refractivity contribution < 1.29 is 14.3 Å². The monoisotopic (exact) mass is 369 g/mol. The Morgan fingerprint density at radius 3 is 2.48 bits per heavy atom. The van der Waals surface area contributed by atoms with Crippen LogP contribution in [0.15, 0.2) is 34.1 Å². The minimum atomic E-state index is -0.127. The number of methoxy groups -OCH3 is 2. The van der Waals surface area contributed by atoms with Gasteiger partial charge in [0.25, 0.3) is 5.91 Å². The van der Waals surface area contributed by atoms with Crippen LogP contribution in [0.25, 0.3) is 0 Å². The van der Waals surface area contributed by atoms with Crippen LogP contribution in [0.4, 0.5) is 0 Å². The van der Waals surface area contributed by atoms with Crippen molar-refractivity contribution in [1.29, 1.82) is 0 Å². The van der Waals surface area contributed by atoms with Gasteiger partial charge in [-0.2, -0.15) is 0 Å². The third-order valence-corrected chi connectivity index (χ3v) is 4.67. The van der Waals surface area contributed by atoms with E-state index in [0.29, 0.717) is 16.4 Å². The molecule has 1 unspecified atom stereocenters. The van der Waals surface area contributed by atoms with Crippen molar-refractivity contribution in [3.8, 4) is 11.5 Å². The number of hydrogen-bond donors (Lipinski definition) is 1. The highest BCUT2D eigenvalue weighted by Crippen LogP contribution is 2.30. The van der Waals surface area contributed by atoms with E-state index >= 15 is 0 Å². The molecule has 0 aliphatic carbocycles. The Bertz CT molecular complexity index is 642. The highest BCUT2D eigenvalue weighted by atomic mass is 79.9. The molecule has 1 amide bonds. The van der Waals surface area contributed by atoms with Gasteiger partial charge in [-0.15, -0.1) is 11.3 Å². The molecule has 0 aliphatic heterocycles. The number of carbonyl (C=O) groups is 1. The van der Waals surface area contributed by atoms with Gasteiger partial charge in [0, 0.05) is 0 Å². The average Bonchev–Trinajstić information content (AvgIpc) is 2.93. The first-order valence-corrected chi connectivity index (χ1v) is 7.94.